The molecule has 0 aliphatic heterocycles. The zero-order valence-electron chi connectivity index (χ0n) is 11.1. The minimum absolute atomic E-state index is 0.0726. The van der Waals surface area contributed by atoms with Crippen molar-refractivity contribution in [3.05, 3.63) is 64.7 Å². The highest BCUT2D eigenvalue weighted by molar-refractivity contribution is 6.31. The molecule has 2 aromatic rings. The Kier molecular flexibility index (Phi) is 5.05. The van der Waals surface area contributed by atoms with E-state index in [1.807, 2.05) is 43.3 Å². The Morgan fingerprint density at radius 2 is 1.80 bits per heavy atom. The van der Waals surface area contributed by atoms with Crippen LogP contribution in [0.25, 0.3) is 0 Å². The Balaban J connectivity index is 2.41. The summed E-state index contributed by atoms with van der Waals surface area (Å²) in [6.45, 7) is 2.34. The van der Waals surface area contributed by atoms with Crippen LogP contribution in [-0.2, 0) is 0 Å². The molecule has 0 fully saturated rings. The number of carbonyl (C=O) groups excluding carboxylic acids is 1. The standard InChI is InChI=1S/C16H15Cl2NO/c1-12-14(18)8-5-9-15(12)19(11-10-17)16(20)13-6-3-2-4-7-13/h2-9H,10-11H2,1H3. The SMILES string of the molecule is Cc1c(Cl)cccc1N(CCCl)C(=O)c1ccccc1. The third kappa shape index (κ3) is 3.14. The van der Waals surface area contributed by atoms with Crippen LogP contribution in [0.5, 0.6) is 0 Å². The van der Waals surface area contributed by atoms with Crippen LogP contribution in [0.4, 0.5) is 5.69 Å². The van der Waals surface area contributed by atoms with Gasteiger partial charge in [-0.1, -0.05) is 35.9 Å². The van der Waals surface area contributed by atoms with E-state index >= 15 is 0 Å². The molecule has 0 saturated carbocycles. The van der Waals surface area contributed by atoms with Gasteiger partial charge in [0.1, 0.15) is 0 Å². The Hall–Kier alpha value is -1.51. The smallest absolute Gasteiger partial charge is 0.258 e. The lowest BCUT2D eigenvalue weighted by atomic mass is 10.1. The first-order valence-electron chi connectivity index (χ1n) is 6.33. The van der Waals surface area contributed by atoms with E-state index in [4.69, 9.17) is 23.2 Å². The Labute approximate surface area is 128 Å². The molecule has 0 unspecified atom stereocenters. The largest absolute Gasteiger partial charge is 0.307 e. The van der Waals surface area contributed by atoms with Crippen molar-refractivity contribution in [2.75, 3.05) is 17.3 Å². The molecule has 4 heteroatoms. The summed E-state index contributed by atoms with van der Waals surface area (Å²) >= 11 is 12.0. The second-order valence-corrected chi connectivity index (χ2v) is 5.18. The van der Waals surface area contributed by atoms with E-state index in [0.717, 1.165) is 11.3 Å². The van der Waals surface area contributed by atoms with Crippen LogP contribution in [0.3, 0.4) is 0 Å². The van der Waals surface area contributed by atoms with Crippen molar-refractivity contribution in [2.24, 2.45) is 0 Å². The average molecular weight is 308 g/mol. The number of rotatable bonds is 4. The van der Waals surface area contributed by atoms with Crippen LogP contribution in [0.2, 0.25) is 5.02 Å². The van der Waals surface area contributed by atoms with Gasteiger partial charge in [0.2, 0.25) is 0 Å². The number of halogens is 2. The molecule has 2 rings (SSSR count). The third-order valence-electron chi connectivity index (χ3n) is 3.10. The minimum Gasteiger partial charge on any atom is -0.307 e. The highest BCUT2D eigenvalue weighted by atomic mass is 35.5. The summed E-state index contributed by atoms with van der Waals surface area (Å²) in [5.74, 6) is 0.293. The van der Waals surface area contributed by atoms with Crippen LogP contribution in [-0.4, -0.2) is 18.3 Å². The molecule has 0 bridgehead atoms. The van der Waals surface area contributed by atoms with E-state index < -0.39 is 0 Å². The van der Waals surface area contributed by atoms with Gasteiger partial charge in [-0.05, 0) is 36.8 Å². The van der Waals surface area contributed by atoms with Gasteiger partial charge < -0.3 is 4.90 Å². The molecule has 0 aliphatic carbocycles. The number of anilines is 1. The lowest BCUT2D eigenvalue weighted by Gasteiger charge is -2.24. The Morgan fingerprint density at radius 1 is 1.10 bits per heavy atom. The Bertz CT molecular complexity index is 599. The maximum Gasteiger partial charge on any atom is 0.258 e. The number of hydrogen-bond donors (Lipinski definition) is 0. The molecule has 0 spiro atoms. The van der Waals surface area contributed by atoms with Crippen molar-refractivity contribution in [1.82, 2.24) is 0 Å². The second kappa shape index (κ2) is 6.78. The summed E-state index contributed by atoms with van der Waals surface area (Å²) in [6, 6.07) is 14.7. The molecule has 0 saturated heterocycles. The van der Waals surface area contributed by atoms with E-state index in [1.54, 1.807) is 17.0 Å². The number of benzene rings is 2. The highest BCUT2D eigenvalue weighted by Gasteiger charge is 2.19. The van der Waals surface area contributed by atoms with E-state index in [2.05, 4.69) is 0 Å². The number of alkyl halides is 1. The average Bonchev–Trinajstić information content (AvgIpc) is 2.48. The molecule has 0 radical (unpaired) electrons. The molecule has 1 amide bonds. The summed E-state index contributed by atoms with van der Waals surface area (Å²) in [4.78, 5) is 14.3. The first-order valence-corrected chi connectivity index (χ1v) is 7.24. The third-order valence-corrected chi connectivity index (χ3v) is 3.68. The summed E-state index contributed by atoms with van der Waals surface area (Å²) in [5.41, 5.74) is 2.31. The predicted molar refractivity (Wildman–Crippen MR) is 85.0 cm³/mol. The van der Waals surface area contributed by atoms with Crippen LogP contribution in [0.1, 0.15) is 15.9 Å². The molecular formula is C16H15Cl2NO. The predicted octanol–water partition coefficient (Wildman–Crippen LogP) is 4.53. The van der Waals surface area contributed by atoms with Crippen molar-refractivity contribution in [3.63, 3.8) is 0 Å². The van der Waals surface area contributed by atoms with Crippen molar-refractivity contribution in [1.29, 1.82) is 0 Å². The minimum atomic E-state index is -0.0726. The molecule has 0 atom stereocenters. The van der Waals surface area contributed by atoms with Gasteiger partial charge in [0.15, 0.2) is 0 Å². The lowest BCUT2D eigenvalue weighted by Crippen LogP contribution is -2.33. The van der Waals surface area contributed by atoms with Crippen LogP contribution < -0.4 is 4.90 Å². The fourth-order valence-corrected chi connectivity index (χ4v) is 2.38. The monoisotopic (exact) mass is 307 g/mol. The maximum atomic E-state index is 12.6. The molecule has 2 aromatic carbocycles. The summed E-state index contributed by atoms with van der Waals surface area (Å²) in [6.07, 6.45) is 0. The van der Waals surface area contributed by atoms with Gasteiger partial charge in [-0.25, -0.2) is 0 Å². The molecule has 104 valence electrons. The quantitative estimate of drug-likeness (QED) is 0.760. The lowest BCUT2D eigenvalue weighted by molar-refractivity contribution is 0.0988. The second-order valence-electron chi connectivity index (χ2n) is 4.40. The zero-order valence-corrected chi connectivity index (χ0v) is 12.7. The van der Waals surface area contributed by atoms with E-state index in [1.165, 1.54) is 0 Å². The van der Waals surface area contributed by atoms with Crippen LogP contribution >= 0.6 is 23.2 Å². The van der Waals surface area contributed by atoms with E-state index in [9.17, 15) is 4.79 Å². The summed E-state index contributed by atoms with van der Waals surface area (Å²) in [5, 5.41) is 0.642. The number of hydrogen-bond acceptors (Lipinski definition) is 1. The van der Waals surface area contributed by atoms with Gasteiger partial charge in [0.05, 0.1) is 0 Å². The van der Waals surface area contributed by atoms with Gasteiger partial charge in [0.25, 0.3) is 5.91 Å². The van der Waals surface area contributed by atoms with Gasteiger partial charge in [-0.3, -0.25) is 4.79 Å². The first kappa shape index (κ1) is 14.9. The number of nitrogens with zero attached hydrogens (tertiary/aromatic N) is 1. The van der Waals surface area contributed by atoms with Crippen molar-refractivity contribution >= 4 is 34.8 Å². The maximum absolute atomic E-state index is 12.6. The van der Waals surface area contributed by atoms with E-state index in [0.29, 0.717) is 23.0 Å². The first-order chi connectivity index (χ1) is 9.65. The molecule has 20 heavy (non-hydrogen) atoms. The van der Waals surface area contributed by atoms with Crippen LogP contribution in [0.15, 0.2) is 48.5 Å². The number of carbonyl (C=O) groups is 1. The van der Waals surface area contributed by atoms with Gasteiger partial charge >= 0.3 is 0 Å². The van der Waals surface area contributed by atoms with Gasteiger partial charge in [-0.2, -0.15) is 0 Å². The van der Waals surface area contributed by atoms with E-state index in [-0.39, 0.29) is 5.91 Å². The molecule has 2 nitrogen and oxygen atoms in total. The number of amides is 1. The Morgan fingerprint density at radius 3 is 2.45 bits per heavy atom. The molecule has 0 aromatic heterocycles. The fourth-order valence-electron chi connectivity index (χ4n) is 2.04. The highest BCUT2D eigenvalue weighted by Crippen LogP contribution is 2.27. The molecule has 0 aliphatic rings. The molecule has 0 heterocycles. The van der Waals surface area contributed by atoms with Crippen molar-refractivity contribution < 1.29 is 4.79 Å². The molecule has 0 N–H and O–H groups in total. The summed E-state index contributed by atoms with van der Waals surface area (Å²) in [7, 11) is 0. The van der Waals surface area contributed by atoms with Crippen molar-refractivity contribution in [3.8, 4) is 0 Å². The van der Waals surface area contributed by atoms with Gasteiger partial charge in [-0.15, -0.1) is 11.6 Å². The topological polar surface area (TPSA) is 20.3 Å². The normalized spacial score (nSPS) is 10.3. The van der Waals surface area contributed by atoms with Crippen LogP contribution in [0, 0.1) is 6.92 Å². The fraction of sp³-hybridized carbons (Fsp3) is 0.188. The summed E-state index contributed by atoms with van der Waals surface area (Å²) < 4.78 is 0. The van der Waals surface area contributed by atoms with Crippen molar-refractivity contribution in [2.45, 2.75) is 6.92 Å². The zero-order chi connectivity index (χ0) is 14.5. The van der Waals surface area contributed by atoms with Gasteiger partial charge in [0, 0.05) is 28.7 Å². The molecular weight excluding hydrogens is 293 g/mol.